The molecule has 144 valence electrons. The van der Waals surface area contributed by atoms with Gasteiger partial charge >= 0.3 is 5.97 Å². The summed E-state index contributed by atoms with van der Waals surface area (Å²) in [6.07, 6.45) is 0.454. The van der Waals surface area contributed by atoms with E-state index in [1.165, 1.54) is 27.4 Å². The molecule has 27 heavy (non-hydrogen) atoms. The number of phenolic OH excluding ortho intramolecular Hbond substituents is 1. The maximum atomic E-state index is 12.3. The lowest BCUT2D eigenvalue weighted by molar-refractivity contribution is -0.142. The van der Waals surface area contributed by atoms with Crippen LogP contribution in [-0.4, -0.2) is 44.8 Å². The van der Waals surface area contributed by atoms with Crippen molar-refractivity contribution in [3.8, 4) is 23.0 Å². The molecule has 7 nitrogen and oxygen atoms in total. The van der Waals surface area contributed by atoms with Crippen molar-refractivity contribution in [1.29, 1.82) is 0 Å². The van der Waals surface area contributed by atoms with Gasteiger partial charge in [-0.1, -0.05) is 6.07 Å². The number of aromatic hydroxyl groups is 1. The fraction of sp³-hybridized carbons (Fsp3) is 0.300. The third-order valence-corrected chi connectivity index (χ3v) is 3.93. The highest BCUT2D eigenvalue weighted by Gasteiger charge is 2.16. The summed E-state index contributed by atoms with van der Waals surface area (Å²) in [5.74, 6) is 0.397. The van der Waals surface area contributed by atoms with E-state index in [1.807, 2.05) is 0 Å². The largest absolute Gasteiger partial charge is 0.504 e. The van der Waals surface area contributed by atoms with Crippen LogP contribution in [0.1, 0.15) is 22.3 Å². The highest BCUT2D eigenvalue weighted by molar-refractivity contribution is 6.00. The lowest BCUT2D eigenvalue weighted by Crippen LogP contribution is -2.15. The Morgan fingerprint density at radius 2 is 1.67 bits per heavy atom. The predicted octanol–water partition coefficient (Wildman–Crippen LogP) is 2.78. The molecule has 0 amide bonds. The maximum absolute atomic E-state index is 12.3. The Morgan fingerprint density at radius 1 is 0.926 bits per heavy atom. The van der Waals surface area contributed by atoms with Crippen LogP contribution in [0.4, 0.5) is 0 Å². The molecule has 0 atom stereocenters. The molecule has 0 spiro atoms. The van der Waals surface area contributed by atoms with Gasteiger partial charge in [0.1, 0.15) is 11.5 Å². The SMILES string of the molecule is COc1ccc(C(=O)COC(=O)CCc2ccc(OC)c(O)c2)c(OC)c1. The molecule has 0 saturated heterocycles. The van der Waals surface area contributed by atoms with Gasteiger partial charge in [-0.25, -0.2) is 0 Å². The molecule has 2 aromatic rings. The quantitative estimate of drug-likeness (QED) is 0.533. The molecule has 0 radical (unpaired) electrons. The number of Topliss-reactive ketones (excluding diaryl/α,β-unsaturated/α-hetero) is 1. The van der Waals surface area contributed by atoms with Crippen molar-refractivity contribution in [2.45, 2.75) is 12.8 Å². The van der Waals surface area contributed by atoms with Crippen LogP contribution in [0.25, 0.3) is 0 Å². The zero-order valence-electron chi connectivity index (χ0n) is 15.5. The molecule has 0 unspecified atom stereocenters. The second kappa shape index (κ2) is 9.47. The van der Waals surface area contributed by atoms with E-state index < -0.39 is 5.97 Å². The highest BCUT2D eigenvalue weighted by atomic mass is 16.5. The Bertz CT molecular complexity index is 814. The van der Waals surface area contributed by atoms with E-state index in [-0.39, 0.29) is 24.6 Å². The third kappa shape index (κ3) is 5.37. The van der Waals surface area contributed by atoms with Gasteiger partial charge in [0.15, 0.2) is 18.1 Å². The first-order chi connectivity index (χ1) is 13.0. The van der Waals surface area contributed by atoms with Gasteiger partial charge < -0.3 is 24.1 Å². The van der Waals surface area contributed by atoms with Crippen molar-refractivity contribution in [1.82, 2.24) is 0 Å². The number of carbonyl (C=O) groups is 2. The molecule has 0 aliphatic rings. The third-order valence-electron chi connectivity index (χ3n) is 3.93. The molecule has 1 N–H and O–H groups in total. The van der Waals surface area contributed by atoms with Gasteiger partial charge in [-0.05, 0) is 36.2 Å². The number of hydrogen-bond acceptors (Lipinski definition) is 7. The number of hydrogen-bond donors (Lipinski definition) is 1. The van der Waals surface area contributed by atoms with E-state index in [0.717, 1.165) is 5.56 Å². The number of aryl methyl sites for hydroxylation is 1. The lowest BCUT2D eigenvalue weighted by Gasteiger charge is -2.10. The summed E-state index contributed by atoms with van der Waals surface area (Å²) in [7, 11) is 4.42. The Labute approximate surface area is 157 Å². The van der Waals surface area contributed by atoms with Crippen molar-refractivity contribution < 1.29 is 33.6 Å². The summed E-state index contributed by atoms with van der Waals surface area (Å²) in [4.78, 5) is 24.2. The van der Waals surface area contributed by atoms with E-state index >= 15 is 0 Å². The van der Waals surface area contributed by atoms with Gasteiger partial charge in [0.05, 0.1) is 26.9 Å². The van der Waals surface area contributed by atoms with Crippen LogP contribution in [0.3, 0.4) is 0 Å². The molecule has 0 heterocycles. The molecular formula is C20H22O7. The maximum Gasteiger partial charge on any atom is 0.306 e. The minimum atomic E-state index is -0.508. The molecule has 0 aliphatic heterocycles. The Balaban J connectivity index is 1.88. The number of benzene rings is 2. The van der Waals surface area contributed by atoms with Gasteiger partial charge in [-0.2, -0.15) is 0 Å². The van der Waals surface area contributed by atoms with Gasteiger partial charge in [0.2, 0.25) is 5.78 Å². The number of esters is 1. The van der Waals surface area contributed by atoms with Gasteiger partial charge in [0.25, 0.3) is 0 Å². The number of phenols is 1. The molecule has 0 aliphatic carbocycles. The monoisotopic (exact) mass is 374 g/mol. The van der Waals surface area contributed by atoms with E-state index in [4.69, 9.17) is 18.9 Å². The lowest BCUT2D eigenvalue weighted by atomic mass is 10.1. The van der Waals surface area contributed by atoms with Gasteiger partial charge in [-0.15, -0.1) is 0 Å². The Kier molecular flexibility index (Phi) is 7.05. The number of methoxy groups -OCH3 is 3. The van der Waals surface area contributed by atoms with Crippen LogP contribution >= 0.6 is 0 Å². The summed E-state index contributed by atoms with van der Waals surface area (Å²) >= 11 is 0. The molecule has 2 aromatic carbocycles. The predicted molar refractivity (Wildman–Crippen MR) is 97.8 cm³/mol. The molecule has 0 aromatic heterocycles. The summed E-state index contributed by atoms with van der Waals surface area (Å²) < 4.78 is 20.3. The molecule has 0 fully saturated rings. The smallest absolute Gasteiger partial charge is 0.306 e. The fourth-order valence-electron chi connectivity index (χ4n) is 2.46. The summed E-state index contributed by atoms with van der Waals surface area (Å²) in [6, 6.07) is 9.68. The van der Waals surface area contributed by atoms with Crippen molar-refractivity contribution in [2.75, 3.05) is 27.9 Å². The van der Waals surface area contributed by atoms with Crippen LogP contribution < -0.4 is 14.2 Å². The summed E-state index contributed by atoms with van der Waals surface area (Å²) in [5.41, 5.74) is 1.07. The van der Waals surface area contributed by atoms with Crippen LogP contribution in [0.15, 0.2) is 36.4 Å². The first-order valence-electron chi connectivity index (χ1n) is 8.25. The van der Waals surface area contributed by atoms with Crippen LogP contribution in [0.5, 0.6) is 23.0 Å². The number of carbonyl (C=O) groups excluding carboxylic acids is 2. The van der Waals surface area contributed by atoms with Crippen molar-refractivity contribution >= 4 is 11.8 Å². The Morgan fingerprint density at radius 3 is 2.30 bits per heavy atom. The van der Waals surface area contributed by atoms with E-state index in [2.05, 4.69) is 0 Å². The van der Waals surface area contributed by atoms with Gasteiger partial charge in [-0.3, -0.25) is 9.59 Å². The van der Waals surface area contributed by atoms with Crippen molar-refractivity contribution in [3.63, 3.8) is 0 Å². The van der Waals surface area contributed by atoms with E-state index in [0.29, 0.717) is 29.2 Å². The fourth-order valence-corrected chi connectivity index (χ4v) is 2.46. The average Bonchev–Trinajstić information content (AvgIpc) is 2.69. The first-order valence-corrected chi connectivity index (χ1v) is 8.25. The first kappa shape index (κ1) is 20.1. The van der Waals surface area contributed by atoms with Crippen molar-refractivity contribution in [2.24, 2.45) is 0 Å². The zero-order chi connectivity index (χ0) is 19.8. The normalized spacial score (nSPS) is 10.2. The highest BCUT2D eigenvalue weighted by Crippen LogP contribution is 2.27. The number of ketones is 1. The van der Waals surface area contributed by atoms with Crippen molar-refractivity contribution in [3.05, 3.63) is 47.5 Å². The van der Waals surface area contributed by atoms with Crippen LogP contribution in [0.2, 0.25) is 0 Å². The van der Waals surface area contributed by atoms with Crippen LogP contribution in [0, 0.1) is 0 Å². The standard InChI is InChI=1S/C20H22O7/c1-24-14-6-7-15(19(11-14)26-3)17(22)12-27-20(23)9-5-13-4-8-18(25-2)16(21)10-13/h4,6-8,10-11,21H,5,9,12H2,1-3H3. The molecule has 2 rings (SSSR count). The Hall–Kier alpha value is -3.22. The molecule has 0 saturated carbocycles. The second-order valence-corrected chi connectivity index (χ2v) is 5.66. The van der Waals surface area contributed by atoms with E-state index in [1.54, 1.807) is 30.3 Å². The number of ether oxygens (including phenoxy) is 4. The topological polar surface area (TPSA) is 91.3 Å². The van der Waals surface area contributed by atoms with E-state index in [9.17, 15) is 14.7 Å². The number of rotatable bonds is 9. The van der Waals surface area contributed by atoms with Crippen LogP contribution in [-0.2, 0) is 16.0 Å². The minimum absolute atomic E-state index is 0.00476. The summed E-state index contributed by atoms with van der Waals surface area (Å²) in [5, 5.41) is 9.74. The summed E-state index contributed by atoms with van der Waals surface area (Å²) in [6.45, 7) is -0.380. The second-order valence-electron chi connectivity index (χ2n) is 5.66. The molecular weight excluding hydrogens is 352 g/mol. The molecule has 0 bridgehead atoms. The molecule has 7 heteroatoms. The zero-order valence-corrected chi connectivity index (χ0v) is 15.5. The minimum Gasteiger partial charge on any atom is -0.504 e. The average molecular weight is 374 g/mol. The van der Waals surface area contributed by atoms with Gasteiger partial charge in [0, 0.05) is 12.5 Å².